The standard InChI is InChI=1S/C10H10N4O3/c1-7-9(14(15)16)10(13(2)12-7)17-8-4-3-5-11-6-8/h3-6H,1-2H3. The second-order valence-electron chi connectivity index (χ2n) is 3.41. The van der Waals surface area contributed by atoms with Crippen molar-refractivity contribution >= 4 is 5.69 Å². The van der Waals surface area contributed by atoms with Crippen molar-refractivity contribution in [1.29, 1.82) is 0 Å². The van der Waals surface area contributed by atoms with Crippen molar-refractivity contribution in [2.24, 2.45) is 7.05 Å². The molecule has 7 nitrogen and oxygen atoms in total. The molecule has 0 radical (unpaired) electrons. The van der Waals surface area contributed by atoms with Gasteiger partial charge in [-0.05, 0) is 19.1 Å². The molecule has 7 heteroatoms. The maximum absolute atomic E-state index is 10.9. The summed E-state index contributed by atoms with van der Waals surface area (Å²) in [6.07, 6.45) is 3.07. The van der Waals surface area contributed by atoms with E-state index in [4.69, 9.17) is 4.74 Å². The van der Waals surface area contributed by atoms with Gasteiger partial charge in [-0.2, -0.15) is 5.10 Å². The molecule has 0 aliphatic rings. The van der Waals surface area contributed by atoms with Gasteiger partial charge in [0.25, 0.3) is 5.88 Å². The van der Waals surface area contributed by atoms with Gasteiger partial charge in [-0.15, -0.1) is 0 Å². The van der Waals surface area contributed by atoms with E-state index >= 15 is 0 Å². The van der Waals surface area contributed by atoms with Gasteiger partial charge in [-0.3, -0.25) is 15.1 Å². The SMILES string of the molecule is Cc1nn(C)c(Oc2cccnc2)c1[N+](=O)[O-]. The molecule has 0 unspecified atom stereocenters. The molecular formula is C10H10N4O3. The highest BCUT2D eigenvalue weighted by Crippen LogP contribution is 2.32. The van der Waals surface area contributed by atoms with Crippen LogP contribution in [-0.4, -0.2) is 19.7 Å². The van der Waals surface area contributed by atoms with Gasteiger partial charge >= 0.3 is 5.69 Å². The maximum Gasteiger partial charge on any atom is 0.353 e. The molecule has 0 amide bonds. The smallest absolute Gasteiger partial charge is 0.353 e. The number of nitro groups is 1. The van der Waals surface area contributed by atoms with Crippen LogP contribution >= 0.6 is 0 Å². The third kappa shape index (κ3) is 2.07. The molecule has 0 atom stereocenters. The average molecular weight is 234 g/mol. The quantitative estimate of drug-likeness (QED) is 0.597. The number of pyridine rings is 1. The summed E-state index contributed by atoms with van der Waals surface area (Å²) in [6.45, 7) is 1.56. The predicted octanol–water partition coefficient (Wildman–Crippen LogP) is 1.82. The van der Waals surface area contributed by atoms with E-state index in [0.29, 0.717) is 11.4 Å². The fourth-order valence-corrected chi connectivity index (χ4v) is 1.47. The van der Waals surface area contributed by atoms with Gasteiger partial charge in [0.2, 0.25) is 0 Å². The maximum atomic E-state index is 10.9. The van der Waals surface area contributed by atoms with E-state index in [2.05, 4.69) is 10.1 Å². The summed E-state index contributed by atoms with van der Waals surface area (Å²) in [7, 11) is 1.59. The number of hydrogen-bond donors (Lipinski definition) is 0. The third-order valence-electron chi connectivity index (χ3n) is 2.17. The molecule has 2 aromatic rings. The lowest BCUT2D eigenvalue weighted by molar-refractivity contribution is -0.386. The van der Waals surface area contributed by atoms with E-state index in [-0.39, 0.29) is 11.6 Å². The summed E-state index contributed by atoms with van der Waals surface area (Å²) in [5, 5.41) is 14.9. The van der Waals surface area contributed by atoms with Crippen LogP contribution in [0.3, 0.4) is 0 Å². The highest BCUT2D eigenvalue weighted by molar-refractivity contribution is 5.47. The summed E-state index contributed by atoms with van der Waals surface area (Å²) < 4.78 is 6.75. The van der Waals surface area contributed by atoms with E-state index in [0.717, 1.165) is 0 Å². The summed E-state index contributed by atoms with van der Waals surface area (Å²) in [6, 6.07) is 3.35. The zero-order valence-electron chi connectivity index (χ0n) is 9.32. The first-order chi connectivity index (χ1) is 8.09. The van der Waals surface area contributed by atoms with Crippen LogP contribution in [0.4, 0.5) is 5.69 Å². The summed E-state index contributed by atoms with van der Waals surface area (Å²) in [4.78, 5) is 14.3. The van der Waals surface area contributed by atoms with Crippen LogP contribution in [0, 0.1) is 17.0 Å². The molecule has 0 aliphatic carbocycles. The molecule has 0 fully saturated rings. The van der Waals surface area contributed by atoms with Crippen molar-refractivity contribution in [1.82, 2.24) is 14.8 Å². The topological polar surface area (TPSA) is 83.1 Å². The average Bonchev–Trinajstić information content (AvgIpc) is 2.55. The first kappa shape index (κ1) is 11.1. The first-order valence-corrected chi connectivity index (χ1v) is 4.85. The molecule has 0 aromatic carbocycles. The molecule has 2 heterocycles. The van der Waals surface area contributed by atoms with E-state index in [1.54, 1.807) is 32.3 Å². The Bertz CT molecular complexity index is 550. The van der Waals surface area contributed by atoms with Crippen LogP contribution in [0.5, 0.6) is 11.6 Å². The number of ether oxygens (including phenoxy) is 1. The molecular weight excluding hydrogens is 224 g/mol. The minimum absolute atomic E-state index is 0.0977. The van der Waals surface area contributed by atoms with E-state index in [1.807, 2.05) is 0 Å². The zero-order valence-corrected chi connectivity index (χ0v) is 9.32. The van der Waals surface area contributed by atoms with Gasteiger partial charge in [0.1, 0.15) is 11.4 Å². The molecule has 0 bridgehead atoms. The largest absolute Gasteiger partial charge is 0.432 e. The molecule has 0 aliphatic heterocycles. The van der Waals surface area contributed by atoms with Crippen molar-refractivity contribution in [2.75, 3.05) is 0 Å². The van der Waals surface area contributed by atoms with Crippen LogP contribution in [0.25, 0.3) is 0 Å². The molecule has 0 spiro atoms. The monoisotopic (exact) mass is 234 g/mol. The van der Waals surface area contributed by atoms with E-state index in [9.17, 15) is 10.1 Å². The Morgan fingerprint density at radius 3 is 2.88 bits per heavy atom. The highest BCUT2D eigenvalue weighted by Gasteiger charge is 2.26. The van der Waals surface area contributed by atoms with Crippen LogP contribution in [0.1, 0.15) is 5.69 Å². The molecule has 0 saturated carbocycles. The van der Waals surface area contributed by atoms with Crippen LogP contribution in [0.2, 0.25) is 0 Å². The van der Waals surface area contributed by atoms with Crippen LogP contribution in [-0.2, 0) is 7.05 Å². The summed E-state index contributed by atoms with van der Waals surface area (Å²) in [5.41, 5.74) is 0.188. The fourth-order valence-electron chi connectivity index (χ4n) is 1.47. The fraction of sp³-hybridized carbons (Fsp3) is 0.200. The van der Waals surface area contributed by atoms with E-state index in [1.165, 1.54) is 10.9 Å². The minimum Gasteiger partial charge on any atom is -0.432 e. The van der Waals surface area contributed by atoms with Crippen molar-refractivity contribution in [2.45, 2.75) is 6.92 Å². The summed E-state index contributed by atoms with van der Waals surface area (Å²) in [5.74, 6) is 0.527. The Balaban J connectivity index is 2.42. The Kier molecular flexibility index (Phi) is 2.73. The molecule has 0 saturated heterocycles. The van der Waals surface area contributed by atoms with Gasteiger partial charge in [0, 0.05) is 13.2 Å². The lowest BCUT2D eigenvalue weighted by Crippen LogP contribution is -1.97. The minimum atomic E-state index is -0.506. The molecule has 2 aromatic heterocycles. The van der Waals surface area contributed by atoms with Crippen molar-refractivity contribution in [3.8, 4) is 11.6 Å². The number of nitrogens with zero attached hydrogens (tertiary/aromatic N) is 4. The Hall–Kier alpha value is -2.44. The lowest BCUT2D eigenvalue weighted by Gasteiger charge is -2.03. The lowest BCUT2D eigenvalue weighted by atomic mass is 10.4. The first-order valence-electron chi connectivity index (χ1n) is 4.85. The predicted molar refractivity (Wildman–Crippen MR) is 58.9 cm³/mol. The zero-order chi connectivity index (χ0) is 12.4. The van der Waals surface area contributed by atoms with Crippen LogP contribution in [0.15, 0.2) is 24.5 Å². The van der Waals surface area contributed by atoms with E-state index < -0.39 is 4.92 Å². The number of aromatic nitrogens is 3. The van der Waals surface area contributed by atoms with Crippen molar-refractivity contribution in [3.05, 3.63) is 40.3 Å². The molecule has 17 heavy (non-hydrogen) atoms. The van der Waals surface area contributed by atoms with Gasteiger partial charge in [-0.25, -0.2) is 4.68 Å². The van der Waals surface area contributed by atoms with Gasteiger partial charge in [0.05, 0.1) is 11.1 Å². The van der Waals surface area contributed by atoms with Gasteiger partial charge in [-0.1, -0.05) is 0 Å². The Morgan fingerprint density at radius 1 is 1.53 bits per heavy atom. The second kappa shape index (κ2) is 4.20. The number of aryl methyl sites for hydroxylation is 2. The Labute approximate surface area is 96.8 Å². The number of rotatable bonds is 3. The molecule has 2 rings (SSSR count). The van der Waals surface area contributed by atoms with Crippen molar-refractivity contribution < 1.29 is 9.66 Å². The number of hydrogen-bond acceptors (Lipinski definition) is 5. The molecule has 0 N–H and O–H groups in total. The van der Waals surface area contributed by atoms with Crippen molar-refractivity contribution in [3.63, 3.8) is 0 Å². The Morgan fingerprint density at radius 2 is 2.29 bits per heavy atom. The second-order valence-corrected chi connectivity index (χ2v) is 3.41. The normalized spacial score (nSPS) is 10.2. The third-order valence-corrected chi connectivity index (χ3v) is 2.17. The summed E-state index contributed by atoms with van der Waals surface area (Å²) >= 11 is 0. The van der Waals surface area contributed by atoms with Gasteiger partial charge < -0.3 is 4.74 Å². The van der Waals surface area contributed by atoms with Gasteiger partial charge in [0.15, 0.2) is 0 Å². The highest BCUT2D eigenvalue weighted by atomic mass is 16.6. The van der Waals surface area contributed by atoms with Crippen LogP contribution < -0.4 is 4.74 Å². The molecule has 88 valence electrons.